The number of benzene rings is 2. The van der Waals surface area contributed by atoms with Gasteiger partial charge in [-0.15, -0.1) is 6.58 Å². The molecule has 1 aliphatic rings. The number of rotatable bonds is 7. The second-order valence-corrected chi connectivity index (χ2v) is 6.28. The first-order valence-electron chi connectivity index (χ1n) is 8.81. The van der Waals surface area contributed by atoms with Crippen molar-refractivity contribution in [2.24, 2.45) is 0 Å². The number of aldehydes is 1. The molecule has 3 rings (SSSR count). The van der Waals surface area contributed by atoms with Gasteiger partial charge in [0.1, 0.15) is 5.69 Å². The molecule has 0 aromatic heterocycles. The molecule has 0 aliphatic carbocycles. The molecule has 1 fully saturated rings. The highest BCUT2D eigenvalue weighted by Crippen LogP contribution is 2.30. The van der Waals surface area contributed by atoms with Crippen molar-refractivity contribution in [2.75, 3.05) is 47.8 Å². The second-order valence-electron chi connectivity index (χ2n) is 6.28. The molecule has 0 unspecified atom stereocenters. The summed E-state index contributed by atoms with van der Waals surface area (Å²) in [6, 6.07) is 12.7. The lowest BCUT2D eigenvalue weighted by Crippen LogP contribution is -2.46. The molecule has 7 heteroatoms. The summed E-state index contributed by atoms with van der Waals surface area (Å²) in [5, 5.41) is 14.3. The molecule has 0 amide bonds. The van der Waals surface area contributed by atoms with Crippen molar-refractivity contribution in [1.29, 1.82) is 0 Å². The molecular formula is C20H22N4O3. The van der Waals surface area contributed by atoms with Gasteiger partial charge in [0.15, 0.2) is 6.29 Å². The molecular weight excluding hydrogens is 344 g/mol. The number of nitrogens with one attached hydrogen (secondary N) is 1. The van der Waals surface area contributed by atoms with Gasteiger partial charge < -0.3 is 15.1 Å². The summed E-state index contributed by atoms with van der Waals surface area (Å²) < 4.78 is 0. The van der Waals surface area contributed by atoms with E-state index >= 15 is 0 Å². The zero-order valence-corrected chi connectivity index (χ0v) is 15.0. The van der Waals surface area contributed by atoms with Crippen LogP contribution >= 0.6 is 0 Å². The van der Waals surface area contributed by atoms with Crippen molar-refractivity contribution in [3.8, 4) is 0 Å². The number of anilines is 3. The Kier molecular flexibility index (Phi) is 5.71. The molecule has 0 spiro atoms. The van der Waals surface area contributed by atoms with Gasteiger partial charge in [-0.25, -0.2) is 0 Å². The average molecular weight is 366 g/mol. The number of nitro groups is 1. The number of hydrogen-bond acceptors (Lipinski definition) is 6. The Morgan fingerprint density at radius 1 is 1.11 bits per heavy atom. The Morgan fingerprint density at radius 2 is 1.81 bits per heavy atom. The lowest BCUT2D eigenvalue weighted by atomic mass is 10.1. The molecule has 2 aromatic rings. The van der Waals surface area contributed by atoms with Crippen LogP contribution in [0, 0.1) is 10.1 Å². The molecule has 0 atom stereocenters. The number of nitro benzene ring substituents is 1. The van der Waals surface area contributed by atoms with E-state index in [1.165, 1.54) is 6.07 Å². The zero-order chi connectivity index (χ0) is 19.2. The van der Waals surface area contributed by atoms with Crippen LogP contribution in [0.3, 0.4) is 0 Å². The zero-order valence-electron chi connectivity index (χ0n) is 15.0. The molecule has 1 aliphatic heterocycles. The normalized spacial score (nSPS) is 13.9. The van der Waals surface area contributed by atoms with E-state index in [2.05, 4.69) is 21.7 Å². The SMILES string of the molecule is C=CCNc1cc(N2CCN(c3ccccc3C=O)CC2)ccc1[N+](=O)[O-]. The summed E-state index contributed by atoms with van der Waals surface area (Å²) >= 11 is 0. The van der Waals surface area contributed by atoms with Crippen molar-refractivity contribution in [1.82, 2.24) is 0 Å². The predicted molar refractivity (Wildman–Crippen MR) is 108 cm³/mol. The maximum Gasteiger partial charge on any atom is 0.292 e. The fraction of sp³-hybridized carbons (Fsp3) is 0.250. The summed E-state index contributed by atoms with van der Waals surface area (Å²) in [7, 11) is 0. The van der Waals surface area contributed by atoms with Gasteiger partial charge >= 0.3 is 0 Å². The Labute approximate surface area is 158 Å². The van der Waals surface area contributed by atoms with Crippen LogP contribution in [0.4, 0.5) is 22.7 Å². The molecule has 1 N–H and O–H groups in total. The maximum atomic E-state index is 11.3. The third-order valence-electron chi connectivity index (χ3n) is 4.66. The van der Waals surface area contributed by atoms with Gasteiger partial charge in [0, 0.05) is 55.7 Å². The Bertz CT molecular complexity index is 845. The molecule has 0 radical (unpaired) electrons. The van der Waals surface area contributed by atoms with E-state index in [0.29, 0.717) is 17.8 Å². The highest BCUT2D eigenvalue weighted by atomic mass is 16.6. The van der Waals surface area contributed by atoms with Crippen molar-refractivity contribution in [3.63, 3.8) is 0 Å². The van der Waals surface area contributed by atoms with Gasteiger partial charge in [0.25, 0.3) is 5.69 Å². The lowest BCUT2D eigenvalue weighted by Gasteiger charge is -2.38. The number of carbonyl (C=O) groups is 1. The van der Waals surface area contributed by atoms with Gasteiger partial charge in [0.2, 0.25) is 0 Å². The molecule has 0 saturated carbocycles. The van der Waals surface area contributed by atoms with E-state index in [1.807, 2.05) is 30.3 Å². The van der Waals surface area contributed by atoms with Crippen LogP contribution in [0.25, 0.3) is 0 Å². The Balaban J connectivity index is 1.74. The summed E-state index contributed by atoms with van der Waals surface area (Å²) in [4.78, 5) is 26.5. The Morgan fingerprint density at radius 3 is 2.48 bits per heavy atom. The Hall–Kier alpha value is -3.35. The summed E-state index contributed by atoms with van der Waals surface area (Å²) in [5.74, 6) is 0. The van der Waals surface area contributed by atoms with Crippen molar-refractivity contribution in [3.05, 3.63) is 70.8 Å². The van der Waals surface area contributed by atoms with Crippen LogP contribution in [0.5, 0.6) is 0 Å². The van der Waals surface area contributed by atoms with Gasteiger partial charge in [0.05, 0.1) is 4.92 Å². The highest BCUT2D eigenvalue weighted by Gasteiger charge is 2.21. The topological polar surface area (TPSA) is 78.7 Å². The third kappa shape index (κ3) is 4.08. The largest absolute Gasteiger partial charge is 0.376 e. The first-order chi connectivity index (χ1) is 13.1. The van der Waals surface area contributed by atoms with E-state index in [0.717, 1.165) is 43.8 Å². The van der Waals surface area contributed by atoms with E-state index in [9.17, 15) is 14.9 Å². The molecule has 140 valence electrons. The molecule has 1 heterocycles. The summed E-state index contributed by atoms with van der Waals surface area (Å²) in [6.07, 6.45) is 2.55. The van der Waals surface area contributed by atoms with Crippen LogP contribution in [0.15, 0.2) is 55.1 Å². The van der Waals surface area contributed by atoms with Crippen LogP contribution in [-0.4, -0.2) is 43.9 Å². The van der Waals surface area contributed by atoms with E-state index in [1.54, 1.807) is 12.1 Å². The third-order valence-corrected chi connectivity index (χ3v) is 4.66. The minimum Gasteiger partial charge on any atom is -0.376 e. The average Bonchev–Trinajstić information content (AvgIpc) is 2.72. The number of carbonyl (C=O) groups excluding carboxylic acids is 1. The number of hydrogen-bond donors (Lipinski definition) is 1. The van der Waals surface area contributed by atoms with Gasteiger partial charge in [-0.2, -0.15) is 0 Å². The lowest BCUT2D eigenvalue weighted by molar-refractivity contribution is -0.383. The molecule has 27 heavy (non-hydrogen) atoms. The van der Waals surface area contributed by atoms with Crippen molar-refractivity contribution < 1.29 is 9.72 Å². The van der Waals surface area contributed by atoms with Crippen LogP contribution in [-0.2, 0) is 0 Å². The smallest absolute Gasteiger partial charge is 0.292 e. The molecule has 1 saturated heterocycles. The number of para-hydroxylation sites is 1. The first-order valence-corrected chi connectivity index (χ1v) is 8.81. The van der Waals surface area contributed by atoms with Gasteiger partial charge in [-0.05, 0) is 24.3 Å². The van der Waals surface area contributed by atoms with Gasteiger partial charge in [-0.3, -0.25) is 14.9 Å². The van der Waals surface area contributed by atoms with E-state index in [4.69, 9.17) is 0 Å². The molecule has 2 aromatic carbocycles. The molecule has 0 bridgehead atoms. The number of nitrogens with zero attached hydrogens (tertiary/aromatic N) is 3. The van der Waals surface area contributed by atoms with Crippen LogP contribution < -0.4 is 15.1 Å². The highest BCUT2D eigenvalue weighted by molar-refractivity contribution is 5.84. The van der Waals surface area contributed by atoms with Gasteiger partial charge in [-0.1, -0.05) is 18.2 Å². The monoisotopic (exact) mass is 366 g/mol. The van der Waals surface area contributed by atoms with E-state index in [-0.39, 0.29) is 10.6 Å². The van der Waals surface area contributed by atoms with Crippen LogP contribution in [0.2, 0.25) is 0 Å². The predicted octanol–water partition coefficient (Wildman–Crippen LogP) is 3.33. The fourth-order valence-electron chi connectivity index (χ4n) is 3.28. The first kappa shape index (κ1) is 18.4. The summed E-state index contributed by atoms with van der Waals surface area (Å²) in [5.41, 5.74) is 3.13. The maximum absolute atomic E-state index is 11.3. The fourth-order valence-corrected chi connectivity index (χ4v) is 3.28. The minimum absolute atomic E-state index is 0.0548. The quantitative estimate of drug-likeness (QED) is 0.350. The summed E-state index contributed by atoms with van der Waals surface area (Å²) in [6.45, 7) is 7.19. The minimum atomic E-state index is -0.385. The molecule has 7 nitrogen and oxygen atoms in total. The van der Waals surface area contributed by atoms with Crippen LogP contribution in [0.1, 0.15) is 10.4 Å². The van der Waals surface area contributed by atoms with Crippen molar-refractivity contribution in [2.45, 2.75) is 0 Å². The standard InChI is InChI=1S/C20H22N4O3/c1-2-9-21-18-14-17(7-8-20(18)24(26)27)22-10-12-23(13-11-22)19-6-4-3-5-16(19)15-25/h2-8,14-15,21H,1,9-13H2. The number of piperazine rings is 1. The van der Waals surface area contributed by atoms with Crippen molar-refractivity contribution >= 4 is 29.0 Å². The van der Waals surface area contributed by atoms with E-state index < -0.39 is 0 Å². The second kappa shape index (κ2) is 8.35.